The van der Waals surface area contributed by atoms with E-state index < -0.39 is 11.9 Å². The van der Waals surface area contributed by atoms with Crippen LogP contribution in [0.25, 0.3) is 5.69 Å². The van der Waals surface area contributed by atoms with Gasteiger partial charge in [-0.1, -0.05) is 5.21 Å². The van der Waals surface area contributed by atoms with E-state index in [0.717, 1.165) is 24.8 Å². The summed E-state index contributed by atoms with van der Waals surface area (Å²) in [4.78, 5) is 50.8. The number of imide groups is 1. The molecule has 1 saturated carbocycles. The minimum Gasteiger partial charge on any atom is -0.378 e. The number of nitrogens with one attached hydrogen (secondary N) is 2. The molecule has 4 amide bonds. The Morgan fingerprint density at radius 1 is 1.18 bits per heavy atom. The Morgan fingerprint density at radius 2 is 2.06 bits per heavy atom. The van der Waals surface area contributed by atoms with Crippen molar-refractivity contribution in [1.82, 2.24) is 30.5 Å². The van der Waals surface area contributed by atoms with Gasteiger partial charge in [0.25, 0.3) is 11.8 Å². The highest BCUT2D eigenvalue weighted by Crippen LogP contribution is 2.33. The van der Waals surface area contributed by atoms with Gasteiger partial charge >= 0.3 is 0 Å². The van der Waals surface area contributed by atoms with Crippen LogP contribution in [0.15, 0.2) is 24.4 Å². The first kappa shape index (κ1) is 21.0. The van der Waals surface area contributed by atoms with Crippen LogP contribution in [-0.4, -0.2) is 68.3 Å². The van der Waals surface area contributed by atoms with Gasteiger partial charge in [-0.2, -0.15) is 0 Å². The second kappa shape index (κ2) is 8.01. The molecule has 0 spiro atoms. The minimum absolute atomic E-state index is 0.0840. The number of ether oxygens (including phenoxy) is 1. The molecule has 4 aliphatic rings. The third-order valence-electron chi connectivity index (χ3n) is 7.29. The van der Waals surface area contributed by atoms with Crippen molar-refractivity contribution in [1.29, 1.82) is 0 Å². The van der Waals surface area contributed by atoms with E-state index in [4.69, 9.17) is 4.74 Å². The van der Waals surface area contributed by atoms with Crippen molar-refractivity contribution in [3.63, 3.8) is 0 Å². The van der Waals surface area contributed by atoms with Gasteiger partial charge in [0, 0.05) is 30.5 Å². The second-order valence-corrected chi connectivity index (χ2v) is 9.40. The second-order valence-electron chi connectivity index (χ2n) is 9.40. The standard InChI is InChI=1S/C23H24N6O5/c30-20-6-5-19(22(32)25-20)28-9-12-7-14(1-3-16(12)23(28)33)29-10-18(26-27-29)21(31)24-17-4-2-15-8-13(17)11-34-15/h1,3,7,10,13,15,17,19H,2,4-6,8-9,11H2,(H,24,31)(H,25,30,32)/t13-,15+,17-,19?/m1/s1. The lowest BCUT2D eigenvalue weighted by atomic mass is 9.86. The van der Waals surface area contributed by atoms with E-state index in [1.54, 1.807) is 18.3 Å². The molecule has 2 aromatic rings. The molecule has 6 rings (SSSR count). The summed E-state index contributed by atoms with van der Waals surface area (Å²) in [6, 6.07) is 4.66. The third-order valence-corrected chi connectivity index (χ3v) is 7.29. The summed E-state index contributed by atoms with van der Waals surface area (Å²) in [5.74, 6) is -0.910. The molecular formula is C23H24N6O5. The predicted molar refractivity (Wildman–Crippen MR) is 116 cm³/mol. The highest BCUT2D eigenvalue weighted by atomic mass is 16.5. The number of benzene rings is 1. The van der Waals surface area contributed by atoms with Crippen LogP contribution < -0.4 is 10.6 Å². The maximum Gasteiger partial charge on any atom is 0.273 e. The van der Waals surface area contributed by atoms with E-state index in [9.17, 15) is 19.2 Å². The maximum atomic E-state index is 12.9. The molecule has 1 aromatic carbocycles. The number of carbonyl (C=O) groups excluding carboxylic acids is 4. The number of nitrogens with zero attached hydrogens (tertiary/aromatic N) is 4. The summed E-state index contributed by atoms with van der Waals surface area (Å²) in [6.07, 6.45) is 5.27. The van der Waals surface area contributed by atoms with Gasteiger partial charge in [-0.15, -0.1) is 5.10 Å². The molecule has 2 saturated heterocycles. The first-order chi connectivity index (χ1) is 16.5. The number of aromatic nitrogens is 3. The van der Waals surface area contributed by atoms with E-state index >= 15 is 0 Å². The maximum absolute atomic E-state index is 12.9. The molecule has 1 unspecified atom stereocenters. The van der Waals surface area contributed by atoms with Gasteiger partial charge in [-0.05, 0) is 49.4 Å². The highest BCUT2D eigenvalue weighted by molar-refractivity contribution is 6.05. The number of amides is 4. The first-order valence-electron chi connectivity index (χ1n) is 11.6. The van der Waals surface area contributed by atoms with Gasteiger partial charge in [0.05, 0.1) is 24.6 Å². The van der Waals surface area contributed by atoms with Gasteiger partial charge in [0.1, 0.15) is 6.04 Å². The summed E-state index contributed by atoms with van der Waals surface area (Å²) >= 11 is 0. The summed E-state index contributed by atoms with van der Waals surface area (Å²) in [6.45, 7) is 0.953. The quantitative estimate of drug-likeness (QED) is 0.622. The normalized spacial score (nSPS) is 28.1. The molecule has 11 nitrogen and oxygen atoms in total. The summed E-state index contributed by atoms with van der Waals surface area (Å²) in [5.41, 5.74) is 2.16. The molecule has 2 bridgehead atoms. The smallest absolute Gasteiger partial charge is 0.273 e. The van der Waals surface area contributed by atoms with Crippen LogP contribution in [0.4, 0.5) is 0 Å². The Morgan fingerprint density at radius 3 is 2.91 bits per heavy atom. The van der Waals surface area contributed by atoms with Gasteiger partial charge in [-0.3, -0.25) is 24.5 Å². The fourth-order valence-corrected chi connectivity index (χ4v) is 5.45. The Hall–Kier alpha value is -3.60. The molecule has 34 heavy (non-hydrogen) atoms. The SMILES string of the molecule is O=C1CCC(N2Cc3cc(-n4cc(C(=O)N[C@@H]5CC[C@H]6C[C@@H]5CO6)nn4)ccc3C2=O)C(=O)N1. The number of carbonyl (C=O) groups is 4. The molecule has 1 aliphatic carbocycles. The largest absolute Gasteiger partial charge is 0.378 e. The van der Waals surface area contributed by atoms with E-state index in [1.165, 1.54) is 9.58 Å². The predicted octanol–water partition coefficient (Wildman–Crippen LogP) is 0.326. The minimum atomic E-state index is -0.664. The molecular weight excluding hydrogens is 440 g/mol. The fourth-order valence-electron chi connectivity index (χ4n) is 5.45. The average molecular weight is 464 g/mol. The third kappa shape index (κ3) is 3.56. The lowest BCUT2D eigenvalue weighted by Gasteiger charge is -2.29. The zero-order valence-electron chi connectivity index (χ0n) is 18.4. The van der Waals surface area contributed by atoms with Crippen LogP contribution in [0.1, 0.15) is 58.5 Å². The fraction of sp³-hybridized carbons (Fsp3) is 0.478. The van der Waals surface area contributed by atoms with Crippen LogP contribution in [0, 0.1) is 5.92 Å². The van der Waals surface area contributed by atoms with Crippen LogP contribution >= 0.6 is 0 Å². The number of rotatable bonds is 4. The summed E-state index contributed by atoms with van der Waals surface area (Å²) in [5, 5.41) is 13.5. The zero-order valence-corrected chi connectivity index (χ0v) is 18.4. The molecule has 1 aromatic heterocycles. The average Bonchev–Trinajstić information content (AvgIpc) is 3.54. The number of fused-ring (bicyclic) bond motifs is 3. The molecule has 3 fully saturated rings. The summed E-state index contributed by atoms with van der Waals surface area (Å²) in [7, 11) is 0. The van der Waals surface area contributed by atoms with E-state index in [2.05, 4.69) is 20.9 Å². The topological polar surface area (TPSA) is 136 Å². The van der Waals surface area contributed by atoms with Crippen LogP contribution in [-0.2, 0) is 20.9 Å². The van der Waals surface area contributed by atoms with E-state index in [1.807, 2.05) is 6.07 Å². The van der Waals surface area contributed by atoms with Crippen LogP contribution in [0.2, 0.25) is 0 Å². The molecule has 11 heteroatoms. The molecule has 176 valence electrons. The van der Waals surface area contributed by atoms with Crippen LogP contribution in [0.3, 0.4) is 0 Å². The Labute approximate surface area is 194 Å². The molecule has 3 aliphatic heterocycles. The number of piperidine rings is 1. The zero-order chi connectivity index (χ0) is 23.4. The number of hydrogen-bond donors (Lipinski definition) is 2. The molecule has 4 atom stereocenters. The van der Waals surface area contributed by atoms with E-state index in [-0.39, 0.29) is 42.4 Å². The highest BCUT2D eigenvalue weighted by Gasteiger charge is 2.40. The van der Waals surface area contributed by atoms with Crippen molar-refractivity contribution < 1.29 is 23.9 Å². The molecule has 0 radical (unpaired) electrons. The molecule has 4 heterocycles. The molecule has 2 N–H and O–H groups in total. The summed E-state index contributed by atoms with van der Waals surface area (Å²) < 4.78 is 7.21. The number of hydrogen-bond acceptors (Lipinski definition) is 7. The van der Waals surface area contributed by atoms with Gasteiger partial charge in [0.2, 0.25) is 11.8 Å². The van der Waals surface area contributed by atoms with Crippen molar-refractivity contribution in [2.24, 2.45) is 5.92 Å². The van der Waals surface area contributed by atoms with Crippen molar-refractivity contribution in [2.75, 3.05) is 6.61 Å². The monoisotopic (exact) mass is 464 g/mol. The lowest BCUT2D eigenvalue weighted by Crippen LogP contribution is -2.52. The van der Waals surface area contributed by atoms with Gasteiger partial charge in [0.15, 0.2) is 5.69 Å². The van der Waals surface area contributed by atoms with E-state index in [0.29, 0.717) is 36.3 Å². The Bertz CT molecular complexity index is 1210. The van der Waals surface area contributed by atoms with Crippen LogP contribution in [0.5, 0.6) is 0 Å². The van der Waals surface area contributed by atoms with Gasteiger partial charge in [-0.25, -0.2) is 4.68 Å². The Kier molecular flexibility index (Phi) is 4.94. The van der Waals surface area contributed by atoms with Gasteiger partial charge < -0.3 is 15.0 Å². The van der Waals surface area contributed by atoms with Crippen molar-refractivity contribution >= 4 is 23.6 Å². The van der Waals surface area contributed by atoms with Crippen molar-refractivity contribution in [3.8, 4) is 5.69 Å². The lowest BCUT2D eigenvalue weighted by molar-refractivity contribution is -0.136. The Balaban J connectivity index is 1.16. The van der Waals surface area contributed by atoms with Crippen molar-refractivity contribution in [3.05, 3.63) is 41.2 Å². The van der Waals surface area contributed by atoms with Crippen molar-refractivity contribution in [2.45, 2.75) is 56.8 Å². The first-order valence-corrected chi connectivity index (χ1v) is 11.6.